The molecule has 0 spiro atoms. The number of carbonyl (C=O) groups excluding carboxylic acids is 2. The van der Waals surface area contributed by atoms with E-state index in [9.17, 15) is 9.59 Å². The van der Waals surface area contributed by atoms with Crippen LogP contribution in [0.3, 0.4) is 0 Å². The molecule has 2 atom stereocenters. The van der Waals surface area contributed by atoms with E-state index in [1.807, 2.05) is 50.2 Å². The van der Waals surface area contributed by atoms with Gasteiger partial charge in [-0.15, -0.1) is 0 Å². The Labute approximate surface area is 171 Å². The fraction of sp³-hybridized carbons (Fsp3) is 0.500. The summed E-state index contributed by atoms with van der Waals surface area (Å²) in [7, 11) is 3.68. The van der Waals surface area contributed by atoms with Gasteiger partial charge >= 0.3 is 0 Å². The van der Waals surface area contributed by atoms with Gasteiger partial charge in [0, 0.05) is 38.3 Å². The highest BCUT2D eigenvalue weighted by molar-refractivity contribution is 5.98. The zero-order chi connectivity index (χ0) is 20.7. The van der Waals surface area contributed by atoms with Crippen molar-refractivity contribution in [1.29, 1.82) is 0 Å². The van der Waals surface area contributed by atoms with Gasteiger partial charge in [0.25, 0.3) is 5.91 Å². The summed E-state index contributed by atoms with van der Waals surface area (Å²) >= 11 is 0. The molecule has 1 aromatic heterocycles. The average molecular weight is 396 g/mol. The summed E-state index contributed by atoms with van der Waals surface area (Å²) in [6, 6.07) is 5.51. The zero-order valence-corrected chi connectivity index (χ0v) is 17.5. The largest absolute Gasteiger partial charge is 0.485 e. The first-order chi connectivity index (χ1) is 13.9. The van der Waals surface area contributed by atoms with E-state index in [2.05, 4.69) is 5.10 Å². The van der Waals surface area contributed by atoms with Gasteiger partial charge in [-0.1, -0.05) is 19.9 Å². The molecule has 2 aliphatic rings. The van der Waals surface area contributed by atoms with E-state index in [0.29, 0.717) is 24.4 Å². The lowest BCUT2D eigenvalue weighted by Crippen LogP contribution is -2.44. The van der Waals surface area contributed by atoms with Gasteiger partial charge in [0.1, 0.15) is 11.9 Å². The van der Waals surface area contributed by atoms with Gasteiger partial charge in [0.05, 0.1) is 24.3 Å². The Morgan fingerprint density at radius 1 is 1.21 bits per heavy atom. The molecule has 1 saturated heterocycles. The molecule has 0 bridgehead atoms. The highest BCUT2D eigenvalue weighted by Crippen LogP contribution is 2.34. The van der Waals surface area contributed by atoms with Gasteiger partial charge in [-0.3, -0.25) is 14.3 Å². The fourth-order valence-electron chi connectivity index (χ4n) is 4.37. The van der Waals surface area contributed by atoms with Crippen molar-refractivity contribution in [2.45, 2.75) is 38.8 Å². The van der Waals surface area contributed by atoms with Gasteiger partial charge in [0.15, 0.2) is 0 Å². The lowest BCUT2D eigenvalue weighted by Gasteiger charge is -2.25. The Kier molecular flexibility index (Phi) is 5.06. The van der Waals surface area contributed by atoms with E-state index >= 15 is 0 Å². The third kappa shape index (κ3) is 3.39. The van der Waals surface area contributed by atoms with Crippen molar-refractivity contribution in [3.8, 4) is 16.9 Å². The topological polar surface area (TPSA) is 67.7 Å². The number of fused-ring (bicyclic) bond motifs is 2. The highest BCUT2D eigenvalue weighted by atomic mass is 16.5. The third-order valence-corrected chi connectivity index (χ3v) is 6.23. The second kappa shape index (κ2) is 7.54. The number of carbonyl (C=O) groups is 2. The van der Waals surface area contributed by atoms with Crippen molar-refractivity contribution in [2.24, 2.45) is 13.0 Å². The molecule has 4 rings (SSSR count). The molecule has 2 aromatic rings. The maximum absolute atomic E-state index is 13.1. The van der Waals surface area contributed by atoms with E-state index in [4.69, 9.17) is 4.74 Å². The number of aryl methyl sites for hydroxylation is 1. The van der Waals surface area contributed by atoms with Crippen LogP contribution < -0.4 is 4.74 Å². The van der Waals surface area contributed by atoms with Crippen molar-refractivity contribution < 1.29 is 14.3 Å². The molecular formula is C22H28N4O3. The lowest BCUT2D eigenvalue weighted by atomic mass is 10.0. The summed E-state index contributed by atoms with van der Waals surface area (Å²) in [5, 5.41) is 4.22. The van der Waals surface area contributed by atoms with Crippen LogP contribution in [-0.2, 0) is 11.8 Å². The van der Waals surface area contributed by atoms with Gasteiger partial charge in [-0.25, -0.2) is 0 Å². The van der Waals surface area contributed by atoms with Crippen molar-refractivity contribution in [2.75, 3.05) is 20.1 Å². The first kappa shape index (κ1) is 19.5. The van der Waals surface area contributed by atoms with Crippen molar-refractivity contribution >= 4 is 11.8 Å². The average Bonchev–Trinajstić information content (AvgIpc) is 3.32. The molecule has 1 aromatic carbocycles. The Hall–Kier alpha value is -2.83. The molecule has 2 aliphatic heterocycles. The first-order valence-electron chi connectivity index (χ1n) is 10.3. The van der Waals surface area contributed by atoms with Gasteiger partial charge < -0.3 is 14.5 Å². The number of ether oxygens (including phenoxy) is 1. The minimum absolute atomic E-state index is 0.0304. The van der Waals surface area contributed by atoms with Crippen molar-refractivity contribution in [3.63, 3.8) is 0 Å². The van der Waals surface area contributed by atoms with Gasteiger partial charge in [-0.05, 0) is 30.5 Å². The maximum atomic E-state index is 13.1. The predicted octanol–water partition coefficient (Wildman–Crippen LogP) is 2.57. The molecule has 2 amide bonds. The Morgan fingerprint density at radius 2 is 1.97 bits per heavy atom. The molecule has 29 heavy (non-hydrogen) atoms. The number of benzene rings is 1. The summed E-state index contributed by atoms with van der Waals surface area (Å²) in [5.74, 6) is 0.703. The smallest absolute Gasteiger partial charge is 0.257 e. The summed E-state index contributed by atoms with van der Waals surface area (Å²) in [6.45, 7) is 5.12. The lowest BCUT2D eigenvalue weighted by molar-refractivity contribution is -0.135. The van der Waals surface area contributed by atoms with E-state index in [0.717, 1.165) is 24.0 Å². The number of rotatable bonds is 4. The molecule has 0 N–H and O–H groups in total. The normalized spacial score (nSPS) is 21.1. The molecule has 7 heteroatoms. The van der Waals surface area contributed by atoms with Crippen LogP contribution in [0.25, 0.3) is 11.1 Å². The van der Waals surface area contributed by atoms with Gasteiger partial charge in [-0.2, -0.15) is 5.10 Å². The van der Waals surface area contributed by atoms with Crippen LogP contribution in [0.4, 0.5) is 0 Å². The SMILES string of the molecule is CCC(CC)C(=O)N1C[C@@H]2Oc3cc(-c4cnn(C)c4)ccc3C(=O)N(C)[C@@H]2C1. The standard InChI is InChI=1S/C22H28N4O3/c1-5-14(6-2)21(27)26-12-18-20(13-26)29-19-9-15(16-10-23-24(3)11-16)7-8-17(19)22(28)25(18)4/h7-11,14,18,20H,5-6,12-13H2,1-4H3/t18-,20+/m1/s1. The van der Waals surface area contributed by atoms with Crippen LogP contribution in [0.5, 0.6) is 5.75 Å². The minimum Gasteiger partial charge on any atom is -0.485 e. The maximum Gasteiger partial charge on any atom is 0.257 e. The minimum atomic E-state index is -0.229. The molecule has 0 aliphatic carbocycles. The number of aromatic nitrogens is 2. The molecule has 1 fully saturated rings. The molecule has 0 radical (unpaired) electrons. The van der Waals surface area contributed by atoms with Crippen LogP contribution >= 0.6 is 0 Å². The van der Waals surface area contributed by atoms with Crippen LogP contribution in [0, 0.1) is 5.92 Å². The van der Waals surface area contributed by atoms with E-state index in [1.54, 1.807) is 22.8 Å². The third-order valence-electron chi connectivity index (χ3n) is 6.23. The van der Waals surface area contributed by atoms with Gasteiger partial charge in [0.2, 0.25) is 5.91 Å². The highest BCUT2D eigenvalue weighted by Gasteiger charge is 2.44. The number of amides is 2. The number of hydrogen-bond acceptors (Lipinski definition) is 4. The van der Waals surface area contributed by atoms with E-state index in [1.165, 1.54) is 0 Å². The summed E-state index contributed by atoms with van der Waals surface area (Å²) in [6.07, 6.45) is 5.15. The second-order valence-electron chi connectivity index (χ2n) is 8.01. The van der Waals surface area contributed by atoms with Crippen LogP contribution in [-0.4, -0.2) is 63.7 Å². The first-order valence-corrected chi connectivity index (χ1v) is 10.3. The fourth-order valence-corrected chi connectivity index (χ4v) is 4.37. The number of hydrogen-bond donors (Lipinski definition) is 0. The van der Waals surface area contributed by atoms with Crippen LogP contribution in [0.1, 0.15) is 37.0 Å². The van der Waals surface area contributed by atoms with Crippen LogP contribution in [0.2, 0.25) is 0 Å². The second-order valence-corrected chi connectivity index (χ2v) is 8.01. The van der Waals surface area contributed by atoms with E-state index in [-0.39, 0.29) is 29.9 Å². The van der Waals surface area contributed by atoms with Crippen LogP contribution in [0.15, 0.2) is 30.6 Å². The molecule has 154 valence electrons. The zero-order valence-electron chi connectivity index (χ0n) is 17.5. The Balaban J connectivity index is 1.63. The molecule has 0 unspecified atom stereocenters. The molecule has 7 nitrogen and oxygen atoms in total. The van der Waals surface area contributed by atoms with E-state index < -0.39 is 0 Å². The van der Waals surface area contributed by atoms with Crippen molar-refractivity contribution in [3.05, 3.63) is 36.2 Å². The predicted molar refractivity (Wildman–Crippen MR) is 110 cm³/mol. The number of likely N-dealkylation sites (N-methyl/N-ethyl adjacent to an activating group) is 1. The summed E-state index contributed by atoms with van der Waals surface area (Å²) < 4.78 is 8.08. The van der Waals surface area contributed by atoms with Crippen molar-refractivity contribution in [1.82, 2.24) is 19.6 Å². The number of likely N-dealkylation sites (tertiary alicyclic amines) is 1. The Bertz CT molecular complexity index is 934. The Morgan fingerprint density at radius 3 is 2.62 bits per heavy atom. The molecular weight excluding hydrogens is 368 g/mol. The summed E-state index contributed by atoms with van der Waals surface area (Å²) in [4.78, 5) is 29.6. The quantitative estimate of drug-likeness (QED) is 0.797. The molecule has 0 saturated carbocycles. The monoisotopic (exact) mass is 396 g/mol. The summed E-state index contributed by atoms with van der Waals surface area (Å²) in [5.41, 5.74) is 2.48. The number of nitrogens with zero attached hydrogens (tertiary/aromatic N) is 4. The molecule has 3 heterocycles.